The van der Waals surface area contributed by atoms with Gasteiger partial charge in [0.15, 0.2) is 6.29 Å². The van der Waals surface area contributed by atoms with Crippen LogP contribution in [-0.4, -0.2) is 36.6 Å². The van der Waals surface area contributed by atoms with Crippen LogP contribution in [0.2, 0.25) is 0 Å². The Morgan fingerprint density at radius 1 is 1.67 bits per heavy atom. The average Bonchev–Trinajstić information content (AvgIpc) is 2.57. The predicted octanol–water partition coefficient (Wildman–Crippen LogP) is 1.47. The molecule has 0 saturated carbocycles. The Kier molecular flexibility index (Phi) is 4.50. The van der Waals surface area contributed by atoms with E-state index in [0.29, 0.717) is 6.61 Å². The van der Waals surface area contributed by atoms with Gasteiger partial charge >= 0.3 is 0 Å². The molecule has 1 rings (SSSR count). The lowest BCUT2D eigenvalue weighted by molar-refractivity contribution is -0.110. The van der Waals surface area contributed by atoms with Crippen molar-refractivity contribution in [3.63, 3.8) is 0 Å². The van der Waals surface area contributed by atoms with Crippen molar-refractivity contribution in [1.82, 2.24) is 4.31 Å². The highest BCUT2D eigenvalue weighted by molar-refractivity contribution is 7.97. The molecule has 0 bridgehead atoms. The summed E-state index contributed by atoms with van der Waals surface area (Å²) in [5.41, 5.74) is 0. The minimum Gasteiger partial charge on any atom is -0.356 e. The number of hydrogen-bond donors (Lipinski definition) is 0. The van der Waals surface area contributed by atoms with Crippen molar-refractivity contribution in [3.05, 3.63) is 12.3 Å². The van der Waals surface area contributed by atoms with Gasteiger partial charge in [-0.1, -0.05) is 6.08 Å². The first-order chi connectivity index (χ1) is 5.83. The first kappa shape index (κ1) is 9.89. The molecule has 1 aliphatic heterocycles. The SMILES string of the molecule is COC(C)OCCN1C=CCS1. The van der Waals surface area contributed by atoms with Crippen LogP contribution in [0.5, 0.6) is 0 Å². The monoisotopic (exact) mass is 189 g/mol. The van der Waals surface area contributed by atoms with Crippen LogP contribution in [0.4, 0.5) is 0 Å². The van der Waals surface area contributed by atoms with Crippen LogP contribution in [0.25, 0.3) is 0 Å². The molecular weight excluding hydrogens is 174 g/mol. The second kappa shape index (κ2) is 5.45. The zero-order valence-electron chi connectivity index (χ0n) is 7.53. The Labute approximate surface area is 77.8 Å². The summed E-state index contributed by atoms with van der Waals surface area (Å²) in [5.74, 6) is 1.08. The smallest absolute Gasteiger partial charge is 0.154 e. The molecule has 0 saturated heterocycles. The number of methoxy groups -OCH3 is 1. The van der Waals surface area contributed by atoms with Crippen molar-refractivity contribution < 1.29 is 9.47 Å². The zero-order chi connectivity index (χ0) is 8.81. The van der Waals surface area contributed by atoms with Crippen LogP contribution in [0.3, 0.4) is 0 Å². The third-order valence-electron chi connectivity index (χ3n) is 1.60. The highest BCUT2D eigenvalue weighted by atomic mass is 32.2. The maximum atomic E-state index is 5.34. The molecule has 0 amide bonds. The summed E-state index contributed by atoms with van der Waals surface area (Å²) in [5, 5.41) is 0. The van der Waals surface area contributed by atoms with Crippen molar-refractivity contribution in [2.75, 3.05) is 26.0 Å². The number of rotatable bonds is 5. The second-order valence-electron chi connectivity index (χ2n) is 2.50. The highest BCUT2D eigenvalue weighted by Gasteiger charge is 2.05. The van der Waals surface area contributed by atoms with E-state index >= 15 is 0 Å². The predicted molar refractivity (Wildman–Crippen MR) is 50.7 cm³/mol. The maximum Gasteiger partial charge on any atom is 0.154 e. The first-order valence-corrected chi connectivity index (χ1v) is 4.98. The van der Waals surface area contributed by atoms with Crippen LogP contribution in [-0.2, 0) is 9.47 Å². The van der Waals surface area contributed by atoms with Gasteiger partial charge in [0.2, 0.25) is 0 Å². The number of ether oxygens (including phenoxy) is 2. The standard InChI is InChI=1S/C8H15NO2S/c1-8(10-2)11-6-5-9-4-3-7-12-9/h3-4,8H,5-7H2,1-2H3. The molecule has 1 atom stereocenters. The van der Waals surface area contributed by atoms with Gasteiger partial charge in [-0.3, -0.25) is 0 Å². The summed E-state index contributed by atoms with van der Waals surface area (Å²) >= 11 is 1.80. The van der Waals surface area contributed by atoms with E-state index in [2.05, 4.69) is 16.6 Å². The molecule has 0 aliphatic carbocycles. The first-order valence-electron chi connectivity index (χ1n) is 4.03. The quantitative estimate of drug-likeness (QED) is 0.482. The van der Waals surface area contributed by atoms with E-state index in [4.69, 9.17) is 9.47 Å². The Bertz CT molecular complexity index is 152. The normalized spacial score (nSPS) is 18.7. The summed E-state index contributed by atoms with van der Waals surface area (Å²) in [6.45, 7) is 3.54. The molecule has 0 radical (unpaired) electrons. The third kappa shape index (κ3) is 3.47. The van der Waals surface area contributed by atoms with Gasteiger partial charge in [0.1, 0.15) is 0 Å². The molecule has 1 unspecified atom stereocenters. The summed E-state index contributed by atoms with van der Waals surface area (Å²) in [4.78, 5) is 0. The summed E-state index contributed by atoms with van der Waals surface area (Å²) in [7, 11) is 1.65. The van der Waals surface area contributed by atoms with E-state index in [9.17, 15) is 0 Å². The van der Waals surface area contributed by atoms with Gasteiger partial charge < -0.3 is 13.8 Å². The van der Waals surface area contributed by atoms with Gasteiger partial charge in [-0.05, 0) is 18.9 Å². The van der Waals surface area contributed by atoms with Crippen LogP contribution >= 0.6 is 11.9 Å². The largest absolute Gasteiger partial charge is 0.356 e. The van der Waals surface area contributed by atoms with Crippen molar-refractivity contribution in [3.8, 4) is 0 Å². The lowest BCUT2D eigenvalue weighted by Gasteiger charge is -2.15. The molecule has 1 heterocycles. The van der Waals surface area contributed by atoms with Crippen molar-refractivity contribution in [1.29, 1.82) is 0 Å². The molecule has 0 N–H and O–H groups in total. The molecule has 0 aromatic heterocycles. The molecular formula is C8H15NO2S. The topological polar surface area (TPSA) is 21.7 Å². The zero-order valence-corrected chi connectivity index (χ0v) is 8.34. The molecule has 0 fully saturated rings. The van der Waals surface area contributed by atoms with Crippen molar-refractivity contribution in [2.24, 2.45) is 0 Å². The number of hydrogen-bond acceptors (Lipinski definition) is 4. The Balaban J connectivity index is 1.98. The van der Waals surface area contributed by atoms with Crippen molar-refractivity contribution >= 4 is 11.9 Å². The Hall–Kier alpha value is -0.190. The average molecular weight is 189 g/mol. The fourth-order valence-corrected chi connectivity index (χ4v) is 1.60. The molecule has 3 nitrogen and oxygen atoms in total. The van der Waals surface area contributed by atoms with E-state index in [1.807, 2.05) is 6.92 Å². The Morgan fingerprint density at radius 3 is 3.08 bits per heavy atom. The fourth-order valence-electron chi connectivity index (χ4n) is 0.858. The molecule has 70 valence electrons. The van der Waals surface area contributed by atoms with Gasteiger partial charge in [-0.15, -0.1) is 0 Å². The van der Waals surface area contributed by atoms with Crippen molar-refractivity contribution in [2.45, 2.75) is 13.2 Å². The lowest BCUT2D eigenvalue weighted by Crippen LogP contribution is -2.18. The van der Waals surface area contributed by atoms with Gasteiger partial charge in [0.05, 0.1) is 13.2 Å². The van der Waals surface area contributed by atoms with Gasteiger partial charge in [-0.2, -0.15) is 0 Å². The maximum absolute atomic E-state index is 5.34. The van der Waals surface area contributed by atoms with Gasteiger partial charge in [0, 0.05) is 19.1 Å². The molecule has 1 aliphatic rings. The molecule has 0 aromatic rings. The molecule has 0 spiro atoms. The van der Waals surface area contributed by atoms with Gasteiger partial charge in [-0.25, -0.2) is 0 Å². The number of nitrogens with zero attached hydrogens (tertiary/aromatic N) is 1. The van der Waals surface area contributed by atoms with Gasteiger partial charge in [0.25, 0.3) is 0 Å². The summed E-state index contributed by atoms with van der Waals surface area (Å²) in [6.07, 6.45) is 4.14. The molecule has 0 aromatic carbocycles. The van der Waals surface area contributed by atoms with E-state index < -0.39 is 0 Å². The fraction of sp³-hybridized carbons (Fsp3) is 0.750. The second-order valence-corrected chi connectivity index (χ2v) is 3.56. The van der Waals surface area contributed by atoms with Crippen LogP contribution in [0.15, 0.2) is 12.3 Å². The third-order valence-corrected chi connectivity index (χ3v) is 2.58. The lowest BCUT2D eigenvalue weighted by atomic mass is 10.6. The van der Waals surface area contributed by atoms with E-state index in [0.717, 1.165) is 12.3 Å². The van der Waals surface area contributed by atoms with Crippen LogP contribution in [0.1, 0.15) is 6.92 Å². The minimum absolute atomic E-state index is 0.0958. The molecule has 4 heteroatoms. The van der Waals surface area contributed by atoms with Crippen LogP contribution < -0.4 is 0 Å². The highest BCUT2D eigenvalue weighted by Crippen LogP contribution is 2.16. The van der Waals surface area contributed by atoms with E-state index in [1.165, 1.54) is 0 Å². The Morgan fingerprint density at radius 2 is 2.50 bits per heavy atom. The minimum atomic E-state index is -0.0958. The van der Waals surface area contributed by atoms with E-state index in [1.54, 1.807) is 19.1 Å². The van der Waals surface area contributed by atoms with E-state index in [-0.39, 0.29) is 6.29 Å². The summed E-state index contributed by atoms with van der Waals surface area (Å²) in [6, 6.07) is 0. The molecule has 12 heavy (non-hydrogen) atoms. The van der Waals surface area contributed by atoms with Crippen LogP contribution in [0, 0.1) is 0 Å². The summed E-state index contributed by atoms with van der Waals surface area (Å²) < 4.78 is 12.5.